The van der Waals surface area contributed by atoms with E-state index in [0.717, 1.165) is 25.0 Å². The number of ether oxygens (including phenoxy) is 5. The first kappa shape index (κ1) is 34.1. The van der Waals surface area contributed by atoms with E-state index in [1.54, 1.807) is 6.92 Å². The average molecular weight is 597 g/mol. The predicted octanol–water partition coefficient (Wildman–Crippen LogP) is 1.53. The normalized spacial score (nSPS) is 11.5. The number of aromatic nitrogens is 2. The lowest BCUT2D eigenvalue weighted by Gasteiger charge is -2.09. The molecular formula is C27H41ClN6O7. The van der Waals surface area contributed by atoms with E-state index in [9.17, 15) is 4.79 Å². The van der Waals surface area contributed by atoms with Gasteiger partial charge < -0.3 is 40.3 Å². The summed E-state index contributed by atoms with van der Waals surface area (Å²) in [6, 6.07) is 7.93. The number of aliphatic hydroxyl groups excluding tert-OH is 1. The highest BCUT2D eigenvalue weighted by molar-refractivity contribution is 6.30. The minimum atomic E-state index is -0.614. The Labute approximate surface area is 245 Å². The Morgan fingerprint density at radius 3 is 2.12 bits per heavy atom. The number of amides is 1. The molecule has 0 aliphatic rings. The number of guanidine groups is 1. The quantitative estimate of drug-likeness (QED) is 0.0930. The molecule has 0 saturated carbocycles. The Morgan fingerprint density at radius 2 is 1.51 bits per heavy atom. The van der Waals surface area contributed by atoms with Gasteiger partial charge in [-0.25, -0.2) is 9.97 Å². The lowest BCUT2D eigenvalue weighted by Crippen LogP contribution is -2.38. The van der Waals surface area contributed by atoms with Crippen molar-refractivity contribution < 1.29 is 33.6 Å². The summed E-state index contributed by atoms with van der Waals surface area (Å²) in [5.41, 5.74) is 13.1. The molecule has 0 atom stereocenters. The molecule has 0 unspecified atom stereocenters. The predicted molar refractivity (Wildman–Crippen MR) is 155 cm³/mol. The Balaban J connectivity index is 1.49. The summed E-state index contributed by atoms with van der Waals surface area (Å²) in [6.07, 6.45) is 2.57. The minimum absolute atomic E-state index is 0.0166. The van der Waals surface area contributed by atoms with Crippen LogP contribution < -0.4 is 21.5 Å². The van der Waals surface area contributed by atoms with Crippen molar-refractivity contribution in [1.82, 2.24) is 15.3 Å². The molecular weight excluding hydrogens is 556 g/mol. The van der Waals surface area contributed by atoms with Gasteiger partial charge in [-0.1, -0.05) is 23.7 Å². The van der Waals surface area contributed by atoms with E-state index in [4.69, 9.17) is 51.9 Å². The van der Waals surface area contributed by atoms with Crippen LogP contribution in [0.25, 0.3) is 0 Å². The number of carbonyl (C=O) groups is 1. The van der Waals surface area contributed by atoms with Gasteiger partial charge >= 0.3 is 0 Å². The van der Waals surface area contributed by atoms with E-state index < -0.39 is 5.91 Å². The first-order valence-corrected chi connectivity index (χ1v) is 13.8. The highest BCUT2D eigenvalue weighted by Gasteiger charge is 2.16. The van der Waals surface area contributed by atoms with Crippen LogP contribution in [0.4, 0.5) is 5.82 Å². The van der Waals surface area contributed by atoms with Gasteiger partial charge in [0.05, 0.1) is 65.2 Å². The fourth-order valence-electron chi connectivity index (χ4n) is 3.34. The Kier molecular flexibility index (Phi) is 17.3. The van der Waals surface area contributed by atoms with Gasteiger partial charge in [-0.3, -0.25) is 15.1 Å². The molecule has 0 aliphatic carbocycles. The molecule has 41 heavy (non-hydrogen) atoms. The van der Waals surface area contributed by atoms with E-state index in [-0.39, 0.29) is 29.2 Å². The van der Waals surface area contributed by atoms with Crippen molar-refractivity contribution in [3.8, 4) is 5.75 Å². The third-order valence-corrected chi connectivity index (χ3v) is 5.78. The Hall–Kier alpha value is -3.07. The monoisotopic (exact) mass is 596 g/mol. The number of halogens is 1. The van der Waals surface area contributed by atoms with E-state index in [2.05, 4.69) is 20.3 Å². The molecule has 0 saturated heterocycles. The molecule has 0 aliphatic heterocycles. The Bertz CT molecular complexity index is 1060. The molecule has 2 rings (SSSR count). The number of benzene rings is 1. The molecule has 13 nitrogen and oxygen atoms in total. The number of aliphatic hydroxyl groups is 1. The van der Waals surface area contributed by atoms with Crippen LogP contribution in [0.2, 0.25) is 5.15 Å². The fourth-order valence-corrected chi connectivity index (χ4v) is 3.46. The Morgan fingerprint density at radius 1 is 0.927 bits per heavy atom. The largest absolute Gasteiger partial charge is 0.491 e. The van der Waals surface area contributed by atoms with Gasteiger partial charge in [-0.2, -0.15) is 0 Å². The third kappa shape index (κ3) is 14.9. The summed E-state index contributed by atoms with van der Waals surface area (Å²) in [5, 5.41) is 11.1. The molecule has 1 amide bonds. The van der Waals surface area contributed by atoms with Gasteiger partial charge in [0, 0.05) is 6.54 Å². The molecule has 0 radical (unpaired) electrons. The topological polar surface area (TPSA) is 186 Å². The zero-order valence-electron chi connectivity index (χ0n) is 23.5. The second-order valence-electron chi connectivity index (χ2n) is 8.68. The van der Waals surface area contributed by atoms with Crippen LogP contribution in [0.15, 0.2) is 29.3 Å². The van der Waals surface area contributed by atoms with Crippen LogP contribution in [0, 0.1) is 6.92 Å². The van der Waals surface area contributed by atoms with Crippen molar-refractivity contribution >= 4 is 29.3 Å². The molecule has 14 heteroatoms. The number of carbonyl (C=O) groups excluding carboxylic acids is 1. The van der Waals surface area contributed by atoms with E-state index in [1.807, 2.05) is 24.3 Å². The van der Waals surface area contributed by atoms with Gasteiger partial charge in [0.15, 0.2) is 22.6 Å². The minimum Gasteiger partial charge on any atom is -0.491 e. The van der Waals surface area contributed by atoms with E-state index >= 15 is 0 Å². The number of aryl methyl sites for hydroxylation is 2. The molecule has 6 N–H and O–H groups in total. The maximum absolute atomic E-state index is 12.3. The van der Waals surface area contributed by atoms with Gasteiger partial charge in [0.2, 0.25) is 0 Å². The van der Waals surface area contributed by atoms with Crippen molar-refractivity contribution in [2.45, 2.75) is 26.2 Å². The molecule has 2 aromatic rings. The number of aliphatic imine (C=N–C) groups is 1. The number of anilines is 1. The number of nitrogen functional groups attached to an aromatic ring is 1. The average Bonchev–Trinajstić information content (AvgIpc) is 2.95. The molecule has 1 aromatic heterocycles. The van der Waals surface area contributed by atoms with Crippen molar-refractivity contribution in [3.63, 3.8) is 0 Å². The lowest BCUT2D eigenvalue weighted by atomic mass is 10.1. The van der Waals surface area contributed by atoms with E-state index in [0.29, 0.717) is 71.7 Å². The SMILES string of the molecule is Cc1nc(N)c(C(=O)NC(N)=NCCCCc2ccc(OCCOCCOCCOCCOCCO)cc2)nc1Cl. The molecule has 228 valence electrons. The second-order valence-corrected chi connectivity index (χ2v) is 9.04. The number of hydrogen-bond acceptors (Lipinski definition) is 11. The molecule has 0 spiro atoms. The molecule has 0 fully saturated rings. The van der Waals surface area contributed by atoms with Crippen molar-refractivity contribution in [3.05, 3.63) is 46.4 Å². The van der Waals surface area contributed by atoms with Gasteiger partial charge in [0.25, 0.3) is 5.91 Å². The number of hydrogen-bond donors (Lipinski definition) is 4. The number of rotatable bonds is 21. The summed E-state index contributed by atoms with van der Waals surface area (Å²) in [7, 11) is 0. The third-order valence-electron chi connectivity index (χ3n) is 5.42. The number of unbranched alkanes of at least 4 members (excludes halogenated alkanes) is 1. The number of nitrogens with zero attached hydrogens (tertiary/aromatic N) is 3. The summed E-state index contributed by atoms with van der Waals surface area (Å²) in [6.45, 7) is 6.24. The summed E-state index contributed by atoms with van der Waals surface area (Å²) in [5.74, 6) is 0.118. The van der Waals surface area contributed by atoms with Gasteiger partial charge in [-0.15, -0.1) is 0 Å². The first-order valence-electron chi connectivity index (χ1n) is 13.4. The van der Waals surface area contributed by atoms with Crippen LogP contribution in [-0.2, 0) is 25.4 Å². The van der Waals surface area contributed by atoms with Crippen LogP contribution in [0.3, 0.4) is 0 Å². The number of nitrogens with one attached hydrogen (secondary N) is 1. The summed E-state index contributed by atoms with van der Waals surface area (Å²) in [4.78, 5) is 24.4. The second kappa shape index (κ2) is 20.8. The first-order chi connectivity index (χ1) is 19.9. The highest BCUT2D eigenvalue weighted by Crippen LogP contribution is 2.15. The maximum Gasteiger partial charge on any atom is 0.280 e. The van der Waals surface area contributed by atoms with Crippen LogP contribution in [-0.4, -0.2) is 99.6 Å². The standard InChI is InChI=1S/C27H41ClN6O7/c1-20-24(28)33-23(25(29)32-20)26(36)34-27(30)31-9-3-2-4-21-5-7-22(8-6-21)41-19-18-40-17-16-39-15-14-38-13-12-37-11-10-35/h5-8,35H,2-4,9-19H2,1H3,(H2,29,32)(H3,30,31,34,36). The van der Waals surface area contributed by atoms with Crippen LogP contribution in [0.5, 0.6) is 5.75 Å². The van der Waals surface area contributed by atoms with Crippen molar-refractivity contribution in [2.75, 3.05) is 78.3 Å². The lowest BCUT2D eigenvalue weighted by molar-refractivity contribution is -0.00779. The van der Waals surface area contributed by atoms with E-state index in [1.165, 1.54) is 5.56 Å². The fraction of sp³-hybridized carbons (Fsp3) is 0.556. The molecule has 1 aromatic carbocycles. The molecule has 0 bridgehead atoms. The van der Waals surface area contributed by atoms with Crippen molar-refractivity contribution in [1.29, 1.82) is 0 Å². The van der Waals surface area contributed by atoms with Crippen molar-refractivity contribution in [2.24, 2.45) is 10.7 Å². The summed E-state index contributed by atoms with van der Waals surface area (Å²) >= 11 is 5.92. The summed E-state index contributed by atoms with van der Waals surface area (Å²) < 4.78 is 27.1. The number of nitrogens with two attached hydrogens (primary N) is 2. The highest BCUT2D eigenvalue weighted by atomic mass is 35.5. The molecule has 1 heterocycles. The van der Waals surface area contributed by atoms with Crippen LogP contribution >= 0.6 is 11.6 Å². The smallest absolute Gasteiger partial charge is 0.280 e. The van der Waals surface area contributed by atoms with Crippen LogP contribution in [0.1, 0.15) is 34.6 Å². The zero-order chi connectivity index (χ0) is 29.7. The van der Waals surface area contributed by atoms with Gasteiger partial charge in [0.1, 0.15) is 12.4 Å². The zero-order valence-corrected chi connectivity index (χ0v) is 24.2. The van der Waals surface area contributed by atoms with Gasteiger partial charge in [-0.05, 0) is 43.9 Å². The maximum atomic E-state index is 12.3.